The van der Waals surface area contributed by atoms with Gasteiger partial charge in [-0.2, -0.15) is 0 Å². The van der Waals surface area contributed by atoms with Gasteiger partial charge in [-0.3, -0.25) is 0 Å². The molecule has 2 aromatic carbocycles. The molecule has 0 unspecified atom stereocenters. The fourth-order valence-corrected chi connectivity index (χ4v) is 10.4. The van der Waals surface area contributed by atoms with Crippen LogP contribution in [-0.4, -0.2) is 0 Å². The van der Waals surface area contributed by atoms with Gasteiger partial charge in [-0.1, -0.05) is 160 Å². The van der Waals surface area contributed by atoms with Gasteiger partial charge in [-0.25, -0.2) is 0 Å². The van der Waals surface area contributed by atoms with E-state index in [2.05, 4.69) is 76.2 Å². The average Bonchev–Trinajstić information content (AvgIpc) is 3.15. The molecule has 0 spiro atoms. The first kappa shape index (κ1) is 37.7. The molecule has 4 aliphatic carbocycles. The van der Waals surface area contributed by atoms with Crippen molar-refractivity contribution in [2.75, 3.05) is 0 Å². The van der Waals surface area contributed by atoms with E-state index in [-0.39, 0.29) is 0 Å². The minimum Gasteiger partial charge on any atom is -0.0651 e. The van der Waals surface area contributed by atoms with Crippen LogP contribution >= 0.6 is 0 Å². The van der Waals surface area contributed by atoms with E-state index in [0.29, 0.717) is 0 Å². The van der Waals surface area contributed by atoms with E-state index in [9.17, 15) is 0 Å². The molecule has 0 heteroatoms. The molecule has 0 aliphatic heterocycles. The van der Waals surface area contributed by atoms with Gasteiger partial charge in [0.2, 0.25) is 0 Å². The van der Waals surface area contributed by atoms with Gasteiger partial charge in [0.1, 0.15) is 0 Å². The highest BCUT2D eigenvalue weighted by Crippen LogP contribution is 2.40. The largest absolute Gasteiger partial charge is 0.0651 e. The Morgan fingerprint density at radius 2 is 0.542 bits per heavy atom. The van der Waals surface area contributed by atoms with Crippen LogP contribution in [0.15, 0.2) is 48.5 Å². The number of aryl methyl sites for hydroxylation is 1. The molecule has 4 fully saturated rings. The fourth-order valence-electron chi connectivity index (χ4n) is 10.4. The third kappa shape index (κ3) is 12.3. The quantitative estimate of drug-likeness (QED) is 0.214. The topological polar surface area (TPSA) is 0 Å². The molecule has 0 nitrogen and oxygen atoms in total. The van der Waals surface area contributed by atoms with E-state index in [0.717, 1.165) is 53.8 Å². The summed E-state index contributed by atoms with van der Waals surface area (Å²) in [6.45, 7) is 9.34. The predicted octanol–water partition coefficient (Wildman–Crippen LogP) is 14.4. The summed E-state index contributed by atoms with van der Waals surface area (Å²) in [5, 5.41) is 0. The minimum atomic E-state index is 0.947. The summed E-state index contributed by atoms with van der Waals surface area (Å²) < 4.78 is 0. The fraction of sp³-hybridized carbons (Fsp3) is 0.750. The van der Waals surface area contributed by atoms with Gasteiger partial charge < -0.3 is 0 Å². The second kappa shape index (κ2) is 20.3. The first-order chi connectivity index (χ1) is 23.5. The van der Waals surface area contributed by atoms with Crippen LogP contribution in [0.3, 0.4) is 0 Å². The van der Waals surface area contributed by atoms with E-state index in [1.54, 1.807) is 23.1 Å². The maximum Gasteiger partial charge on any atom is -0.0250 e. The van der Waals surface area contributed by atoms with Gasteiger partial charge >= 0.3 is 0 Å². The molecule has 4 saturated carbocycles. The normalized spacial score (nSPS) is 31.1. The van der Waals surface area contributed by atoms with Crippen molar-refractivity contribution in [3.8, 4) is 0 Å². The van der Waals surface area contributed by atoms with Gasteiger partial charge in [0, 0.05) is 0 Å². The van der Waals surface area contributed by atoms with Gasteiger partial charge in [0.25, 0.3) is 0 Å². The van der Waals surface area contributed by atoms with Crippen LogP contribution in [0.1, 0.15) is 178 Å². The summed E-state index contributed by atoms with van der Waals surface area (Å²) in [6, 6.07) is 19.1. The van der Waals surface area contributed by atoms with E-state index >= 15 is 0 Å². The molecule has 0 aromatic heterocycles. The Bertz CT molecular complexity index is 1050. The second-order valence-electron chi connectivity index (χ2n) is 17.6. The lowest BCUT2D eigenvalue weighted by Gasteiger charge is -2.34. The molecule has 4 aliphatic rings. The van der Waals surface area contributed by atoms with Crippen LogP contribution < -0.4 is 0 Å². The molecule has 0 atom stereocenters. The number of hydrogen-bond acceptors (Lipinski definition) is 0. The van der Waals surface area contributed by atoms with Gasteiger partial charge in [-0.05, 0) is 140 Å². The van der Waals surface area contributed by atoms with Crippen molar-refractivity contribution in [1.29, 1.82) is 0 Å². The Kier molecular flexibility index (Phi) is 16.0. The third-order valence-electron chi connectivity index (χ3n) is 14.3. The summed E-state index contributed by atoms with van der Waals surface area (Å²) in [5.41, 5.74) is 6.19. The zero-order chi connectivity index (χ0) is 33.6. The molecular formula is C48H76. The van der Waals surface area contributed by atoms with Crippen molar-refractivity contribution in [3.63, 3.8) is 0 Å². The first-order valence-electron chi connectivity index (χ1n) is 21.7. The van der Waals surface area contributed by atoms with Crippen LogP contribution in [0.2, 0.25) is 0 Å². The Balaban J connectivity index is 0.000000188. The smallest absolute Gasteiger partial charge is 0.0250 e. The van der Waals surface area contributed by atoms with Crippen molar-refractivity contribution in [1.82, 2.24) is 0 Å². The molecule has 2 aromatic rings. The molecule has 0 bridgehead atoms. The molecular weight excluding hydrogens is 577 g/mol. The molecule has 0 heterocycles. The lowest BCUT2D eigenvalue weighted by Crippen LogP contribution is -2.21. The third-order valence-corrected chi connectivity index (χ3v) is 14.3. The van der Waals surface area contributed by atoms with Crippen molar-refractivity contribution in [2.24, 2.45) is 47.3 Å². The van der Waals surface area contributed by atoms with E-state index in [1.165, 1.54) is 147 Å². The highest BCUT2D eigenvalue weighted by molar-refractivity contribution is 5.24. The first-order valence-corrected chi connectivity index (χ1v) is 21.7. The lowest BCUT2D eigenvalue weighted by atomic mass is 9.72. The number of hydrogen-bond donors (Lipinski definition) is 0. The monoisotopic (exact) mass is 653 g/mol. The van der Waals surface area contributed by atoms with E-state index in [1.807, 2.05) is 0 Å². The standard InChI is InChI=1S/2C24H38/c2*1-3-19-5-9-21(10-6-19)17-23-13-15-24(16-14-23)18-22-11-7-20(4-2)8-12-22/h13-16,19-22H,3-12,17-18H2,1-2H3;5-6,9-10,20,22-24H,3-4,7-8,11-18H2,1-2H3. The van der Waals surface area contributed by atoms with Crippen molar-refractivity contribution in [3.05, 3.63) is 70.8 Å². The van der Waals surface area contributed by atoms with Crippen molar-refractivity contribution in [2.45, 2.75) is 182 Å². The highest BCUT2D eigenvalue weighted by atomic mass is 14.3. The van der Waals surface area contributed by atoms with Crippen LogP contribution in [0, 0.1) is 47.3 Å². The van der Waals surface area contributed by atoms with Crippen molar-refractivity contribution < 1.29 is 0 Å². The predicted molar refractivity (Wildman–Crippen MR) is 211 cm³/mol. The Morgan fingerprint density at radius 1 is 0.312 bits per heavy atom. The maximum absolute atomic E-state index is 2.43. The molecule has 48 heavy (non-hydrogen) atoms. The summed E-state index contributed by atoms with van der Waals surface area (Å²) in [6.07, 6.45) is 34.6. The van der Waals surface area contributed by atoms with Crippen LogP contribution in [-0.2, 0) is 25.7 Å². The molecule has 0 amide bonds. The van der Waals surface area contributed by atoms with E-state index < -0.39 is 0 Å². The van der Waals surface area contributed by atoms with Gasteiger partial charge in [0.15, 0.2) is 0 Å². The minimum absolute atomic E-state index is 0.947. The molecule has 0 saturated heterocycles. The summed E-state index contributed by atoms with van der Waals surface area (Å²) in [5.74, 6) is 8.05. The van der Waals surface area contributed by atoms with Crippen LogP contribution in [0.5, 0.6) is 0 Å². The molecule has 6 rings (SSSR count). The lowest BCUT2D eigenvalue weighted by molar-refractivity contribution is 0.189. The SMILES string of the molecule is CCC1CCC(Cc2ccc(CC3CCC(CC)CC3)cc2)CC1.CCc1ccc(CC2CCC(CC3CCC(CC)CC3)CC2)cc1. The maximum atomic E-state index is 2.43. The van der Waals surface area contributed by atoms with Crippen molar-refractivity contribution >= 4 is 0 Å². The Morgan fingerprint density at radius 3 is 0.792 bits per heavy atom. The molecule has 0 N–H and O–H groups in total. The average molecular weight is 653 g/mol. The molecule has 268 valence electrons. The summed E-state index contributed by atoms with van der Waals surface area (Å²) >= 11 is 0. The molecule has 0 radical (unpaired) electrons. The Labute approximate surface area is 299 Å². The second-order valence-corrected chi connectivity index (χ2v) is 17.6. The zero-order valence-electron chi connectivity index (χ0n) is 32.2. The number of benzene rings is 2. The highest BCUT2D eigenvalue weighted by Gasteiger charge is 2.27. The Hall–Kier alpha value is -1.56. The summed E-state index contributed by atoms with van der Waals surface area (Å²) in [7, 11) is 0. The summed E-state index contributed by atoms with van der Waals surface area (Å²) in [4.78, 5) is 0. The van der Waals surface area contributed by atoms with Gasteiger partial charge in [-0.15, -0.1) is 0 Å². The van der Waals surface area contributed by atoms with E-state index in [4.69, 9.17) is 0 Å². The zero-order valence-corrected chi connectivity index (χ0v) is 32.2. The van der Waals surface area contributed by atoms with Crippen LogP contribution in [0.4, 0.5) is 0 Å². The van der Waals surface area contributed by atoms with Crippen LogP contribution in [0.25, 0.3) is 0 Å². The van der Waals surface area contributed by atoms with Gasteiger partial charge in [0.05, 0.1) is 0 Å². The number of rotatable bonds is 12.